The number of aromatic nitrogens is 5. The summed E-state index contributed by atoms with van der Waals surface area (Å²) in [5, 5.41) is 11.4. The van der Waals surface area contributed by atoms with Gasteiger partial charge in [-0.3, -0.25) is 9.89 Å². The Labute approximate surface area is 185 Å². The van der Waals surface area contributed by atoms with E-state index in [4.69, 9.17) is 0 Å². The number of H-pyrrole nitrogens is 1. The van der Waals surface area contributed by atoms with Gasteiger partial charge in [0, 0.05) is 40.8 Å². The van der Waals surface area contributed by atoms with Crippen LogP contribution in [0.4, 0.5) is 11.8 Å². The summed E-state index contributed by atoms with van der Waals surface area (Å²) in [5.41, 5.74) is 2.20. The van der Waals surface area contributed by atoms with E-state index in [9.17, 15) is 4.79 Å². The maximum absolute atomic E-state index is 12.0. The molecule has 5 rings (SSSR count). The van der Waals surface area contributed by atoms with Crippen LogP contribution >= 0.6 is 11.8 Å². The number of hydrogen-bond acceptors (Lipinski definition) is 7. The lowest BCUT2D eigenvalue weighted by atomic mass is 10.0. The van der Waals surface area contributed by atoms with Gasteiger partial charge in [-0.05, 0) is 55.1 Å². The van der Waals surface area contributed by atoms with Crippen LogP contribution in [0.5, 0.6) is 0 Å². The van der Waals surface area contributed by atoms with Crippen molar-refractivity contribution in [2.75, 3.05) is 5.32 Å². The second kappa shape index (κ2) is 8.42. The molecule has 0 aliphatic heterocycles. The SMILES string of the molecule is CC(C)C(=O)Cc1ccc(Sc2nc(Nc3cc(C4CC4)[nH]n3)nc(C3CC3)n2)cc1. The van der Waals surface area contributed by atoms with Crippen LogP contribution in [-0.2, 0) is 11.2 Å². The number of carbonyl (C=O) groups is 1. The lowest BCUT2D eigenvalue weighted by Gasteiger charge is -2.08. The van der Waals surface area contributed by atoms with E-state index in [0.717, 1.165) is 34.9 Å². The molecule has 31 heavy (non-hydrogen) atoms. The van der Waals surface area contributed by atoms with Gasteiger partial charge < -0.3 is 5.32 Å². The highest BCUT2D eigenvalue weighted by Crippen LogP contribution is 2.40. The fourth-order valence-corrected chi connectivity index (χ4v) is 4.06. The van der Waals surface area contributed by atoms with Crippen molar-refractivity contribution in [2.24, 2.45) is 5.92 Å². The molecule has 2 aliphatic carbocycles. The van der Waals surface area contributed by atoms with E-state index < -0.39 is 0 Å². The molecular weight excluding hydrogens is 408 g/mol. The Bertz CT molecular complexity index is 1090. The predicted molar refractivity (Wildman–Crippen MR) is 120 cm³/mol. The Kier molecular flexibility index (Phi) is 5.48. The number of anilines is 2. The molecule has 0 unspecified atom stereocenters. The van der Waals surface area contributed by atoms with E-state index in [-0.39, 0.29) is 11.7 Å². The van der Waals surface area contributed by atoms with Gasteiger partial charge in [0.2, 0.25) is 5.95 Å². The molecule has 3 aromatic rings. The Morgan fingerprint density at radius 2 is 1.84 bits per heavy atom. The van der Waals surface area contributed by atoms with Crippen LogP contribution in [0.15, 0.2) is 40.4 Å². The molecule has 0 bridgehead atoms. The number of rotatable bonds is 9. The number of carbonyl (C=O) groups excluding carboxylic acids is 1. The van der Waals surface area contributed by atoms with Crippen molar-refractivity contribution in [3.63, 3.8) is 0 Å². The largest absolute Gasteiger partial charge is 0.307 e. The first-order valence-electron chi connectivity index (χ1n) is 10.9. The minimum Gasteiger partial charge on any atom is -0.307 e. The molecule has 1 aromatic carbocycles. The molecule has 160 valence electrons. The maximum atomic E-state index is 12.0. The van der Waals surface area contributed by atoms with Crippen molar-refractivity contribution in [3.8, 4) is 0 Å². The van der Waals surface area contributed by atoms with Crippen LogP contribution in [0, 0.1) is 5.92 Å². The summed E-state index contributed by atoms with van der Waals surface area (Å²) in [6, 6.07) is 10.1. The zero-order valence-corrected chi connectivity index (χ0v) is 18.6. The highest BCUT2D eigenvalue weighted by Gasteiger charge is 2.28. The second-order valence-electron chi connectivity index (χ2n) is 8.73. The van der Waals surface area contributed by atoms with Crippen LogP contribution in [0.1, 0.15) is 68.4 Å². The van der Waals surface area contributed by atoms with Gasteiger partial charge in [0.25, 0.3) is 0 Å². The number of benzene rings is 1. The Balaban J connectivity index is 1.31. The summed E-state index contributed by atoms with van der Waals surface area (Å²) in [7, 11) is 0. The van der Waals surface area contributed by atoms with Gasteiger partial charge in [0.05, 0.1) is 0 Å². The lowest BCUT2D eigenvalue weighted by Crippen LogP contribution is -2.09. The molecule has 0 spiro atoms. The molecule has 2 aliphatic rings. The lowest BCUT2D eigenvalue weighted by molar-refractivity contribution is -0.121. The van der Waals surface area contributed by atoms with Crippen LogP contribution in [0.2, 0.25) is 0 Å². The molecule has 8 heteroatoms. The first-order valence-corrected chi connectivity index (χ1v) is 11.7. The van der Waals surface area contributed by atoms with E-state index in [0.29, 0.717) is 29.4 Å². The van der Waals surface area contributed by atoms with E-state index in [2.05, 4.69) is 30.5 Å². The van der Waals surface area contributed by atoms with Gasteiger partial charge in [0.15, 0.2) is 11.0 Å². The van der Waals surface area contributed by atoms with Crippen molar-refractivity contribution in [3.05, 3.63) is 47.4 Å². The van der Waals surface area contributed by atoms with Gasteiger partial charge in [-0.25, -0.2) is 4.98 Å². The highest BCUT2D eigenvalue weighted by atomic mass is 32.2. The second-order valence-corrected chi connectivity index (χ2v) is 9.77. The fourth-order valence-electron chi connectivity index (χ4n) is 3.30. The first-order chi connectivity index (χ1) is 15.0. The van der Waals surface area contributed by atoms with E-state index >= 15 is 0 Å². The van der Waals surface area contributed by atoms with Gasteiger partial charge in [-0.1, -0.05) is 26.0 Å². The summed E-state index contributed by atoms with van der Waals surface area (Å²) < 4.78 is 0. The maximum Gasteiger partial charge on any atom is 0.232 e. The Morgan fingerprint density at radius 3 is 2.52 bits per heavy atom. The number of ketones is 1. The summed E-state index contributed by atoms with van der Waals surface area (Å²) in [5.74, 6) is 3.48. The van der Waals surface area contributed by atoms with E-state index in [1.807, 2.05) is 44.2 Å². The average Bonchev–Trinajstić information content (AvgIpc) is 3.68. The van der Waals surface area contributed by atoms with Crippen molar-refractivity contribution < 1.29 is 4.79 Å². The number of aromatic amines is 1. The van der Waals surface area contributed by atoms with Crippen molar-refractivity contribution >= 4 is 29.3 Å². The quantitative estimate of drug-likeness (QED) is 0.488. The van der Waals surface area contributed by atoms with Crippen molar-refractivity contribution in [1.29, 1.82) is 0 Å². The Morgan fingerprint density at radius 1 is 1.10 bits per heavy atom. The van der Waals surface area contributed by atoms with Crippen LogP contribution < -0.4 is 5.32 Å². The molecule has 0 saturated heterocycles. The standard InChI is InChI=1S/C23H26N6OS/c1-13(2)19(30)11-14-3-9-17(10-4-14)31-23-26-21(16-7-8-16)25-22(27-23)24-20-12-18(28-29-20)15-5-6-15/h3-4,9-10,12-13,15-16H,5-8,11H2,1-2H3,(H2,24,25,26,27,28,29). The number of hydrogen-bond donors (Lipinski definition) is 2. The summed E-state index contributed by atoms with van der Waals surface area (Å²) in [6.07, 6.45) is 5.18. The van der Waals surface area contributed by atoms with Crippen molar-refractivity contribution in [1.82, 2.24) is 25.1 Å². The first kappa shape index (κ1) is 20.2. The molecule has 7 nitrogen and oxygen atoms in total. The highest BCUT2D eigenvalue weighted by molar-refractivity contribution is 7.99. The fraction of sp³-hybridized carbons (Fsp3) is 0.435. The Hall–Kier alpha value is -2.74. The molecule has 2 aromatic heterocycles. The minimum absolute atomic E-state index is 0.0564. The number of nitrogens with one attached hydrogen (secondary N) is 2. The van der Waals surface area contributed by atoms with Crippen LogP contribution in [0.25, 0.3) is 0 Å². The molecule has 2 heterocycles. The molecule has 0 radical (unpaired) electrons. The van der Waals surface area contributed by atoms with Gasteiger partial charge in [-0.2, -0.15) is 15.1 Å². The van der Waals surface area contributed by atoms with E-state index in [1.54, 1.807) is 0 Å². The van der Waals surface area contributed by atoms with Gasteiger partial charge >= 0.3 is 0 Å². The van der Waals surface area contributed by atoms with Crippen LogP contribution in [0.3, 0.4) is 0 Å². The zero-order valence-electron chi connectivity index (χ0n) is 17.8. The summed E-state index contributed by atoms with van der Waals surface area (Å²) in [4.78, 5) is 27.0. The molecule has 2 N–H and O–H groups in total. The molecule has 2 saturated carbocycles. The minimum atomic E-state index is 0.0564. The topological polar surface area (TPSA) is 96.5 Å². The normalized spacial score (nSPS) is 16.0. The van der Waals surface area contributed by atoms with E-state index in [1.165, 1.54) is 30.3 Å². The molecule has 0 atom stereocenters. The third-order valence-corrected chi connectivity index (χ3v) is 6.46. The molecule has 0 amide bonds. The van der Waals surface area contributed by atoms with Gasteiger partial charge in [-0.15, -0.1) is 0 Å². The van der Waals surface area contributed by atoms with Crippen LogP contribution in [-0.4, -0.2) is 30.9 Å². The third-order valence-electron chi connectivity index (χ3n) is 5.58. The summed E-state index contributed by atoms with van der Waals surface area (Å²) in [6.45, 7) is 3.87. The third kappa shape index (κ3) is 5.12. The number of nitrogens with zero attached hydrogens (tertiary/aromatic N) is 4. The molecular formula is C23H26N6OS. The number of Topliss-reactive ketones (excluding diaryl/α,β-unsaturated/α-hetero) is 1. The molecule has 2 fully saturated rings. The van der Waals surface area contributed by atoms with Gasteiger partial charge in [0.1, 0.15) is 11.6 Å². The van der Waals surface area contributed by atoms with Crippen molar-refractivity contribution in [2.45, 2.75) is 67.8 Å². The monoisotopic (exact) mass is 434 g/mol. The smallest absolute Gasteiger partial charge is 0.232 e. The average molecular weight is 435 g/mol. The summed E-state index contributed by atoms with van der Waals surface area (Å²) >= 11 is 1.51. The zero-order chi connectivity index (χ0) is 21.4. The predicted octanol–water partition coefficient (Wildman–Crippen LogP) is 5.01.